The van der Waals surface area contributed by atoms with E-state index in [1.54, 1.807) is 0 Å². The zero-order valence-corrected chi connectivity index (χ0v) is 19.1. The molecule has 32 heavy (non-hydrogen) atoms. The molecule has 7 nitrogen and oxygen atoms in total. The third-order valence-corrected chi connectivity index (χ3v) is 6.46. The molecule has 2 fully saturated rings. The summed E-state index contributed by atoms with van der Waals surface area (Å²) in [5.74, 6) is -0.223. The summed E-state index contributed by atoms with van der Waals surface area (Å²) in [6.07, 6.45) is 5.68. The maximum atomic E-state index is 13.0. The van der Waals surface area contributed by atoms with E-state index in [1.807, 2.05) is 83.9 Å². The summed E-state index contributed by atoms with van der Waals surface area (Å²) in [7, 11) is 0. The van der Waals surface area contributed by atoms with E-state index in [0.29, 0.717) is 31.6 Å². The number of benzene rings is 1. The van der Waals surface area contributed by atoms with Gasteiger partial charge in [0, 0.05) is 61.3 Å². The molecule has 3 amide bonds. The van der Waals surface area contributed by atoms with E-state index in [0.717, 1.165) is 18.5 Å². The predicted molar refractivity (Wildman–Crippen MR) is 122 cm³/mol. The molecular weight excluding hydrogens is 404 g/mol. The molecule has 2 saturated heterocycles. The second kappa shape index (κ2) is 8.81. The summed E-state index contributed by atoms with van der Waals surface area (Å²) in [5.41, 5.74) is 1.38. The monoisotopic (exact) mass is 436 g/mol. The summed E-state index contributed by atoms with van der Waals surface area (Å²) in [5, 5.41) is 3.11. The first-order chi connectivity index (χ1) is 15.2. The Hall–Kier alpha value is -3.09. The molecule has 1 aromatic carbocycles. The third-order valence-electron chi connectivity index (χ3n) is 6.46. The van der Waals surface area contributed by atoms with Crippen LogP contribution in [0.5, 0.6) is 0 Å². The first kappa shape index (κ1) is 22.1. The minimum absolute atomic E-state index is 0.0481. The molecule has 2 aromatic rings. The van der Waals surface area contributed by atoms with Gasteiger partial charge in [-0.2, -0.15) is 0 Å². The molecule has 0 radical (unpaired) electrons. The fourth-order valence-electron chi connectivity index (χ4n) is 4.58. The molecule has 2 aliphatic heterocycles. The van der Waals surface area contributed by atoms with Crippen LogP contribution in [0, 0.1) is 5.92 Å². The molecule has 2 aliphatic rings. The lowest BCUT2D eigenvalue weighted by Gasteiger charge is -2.35. The second-order valence-electron chi connectivity index (χ2n) is 9.79. The van der Waals surface area contributed by atoms with Gasteiger partial charge in [-0.3, -0.25) is 14.4 Å². The van der Waals surface area contributed by atoms with E-state index in [9.17, 15) is 14.4 Å². The lowest BCUT2D eigenvalue weighted by Crippen LogP contribution is -2.48. The van der Waals surface area contributed by atoms with E-state index in [-0.39, 0.29) is 35.2 Å². The predicted octanol–water partition coefficient (Wildman–Crippen LogP) is 2.85. The van der Waals surface area contributed by atoms with Crippen LogP contribution in [0.1, 0.15) is 50.4 Å². The number of nitrogens with one attached hydrogen (secondary N) is 1. The average Bonchev–Trinajstić information content (AvgIpc) is 3.44. The molecule has 170 valence electrons. The number of nitrogens with zero attached hydrogens (tertiary/aromatic N) is 3. The molecule has 4 rings (SSSR count). The molecule has 3 heterocycles. The van der Waals surface area contributed by atoms with Crippen LogP contribution in [0.25, 0.3) is 5.69 Å². The standard InChI is InChI=1S/C25H32N4O3/c1-25(2,3)29-17-19(16-22(29)30)24(32)28-14-10-20(11-15-28)26-23(31)18-6-8-21(9-7-18)27-12-4-5-13-27/h4-9,12-13,19-20H,10-11,14-17H2,1-3H3,(H,26,31). The van der Waals surface area contributed by atoms with Gasteiger partial charge < -0.3 is 19.7 Å². The number of likely N-dealkylation sites (tertiary alicyclic amines) is 2. The Morgan fingerprint density at radius 3 is 2.19 bits per heavy atom. The lowest BCUT2D eigenvalue weighted by molar-refractivity contribution is -0.136. The van der Waals surface area contributed by atoms with Crippen LogP contribution in [0.15, 0.2) is 48.8 Å². The third kappa shape index (κ3) is 4.71. The minimum Gasteiger partial charge on any atom is -0.349 e. The fraction of sp³-hybridized carbons (Fsp3) is 0.480. The van der Waals surface area contributed by atoms with Gasteiger partial charge in [0.1, 0.15) is 0 Å². The van der Waals surface area contributed by atoms with Gasteiger partial charge in [-0.1, -0.05) is 0 Å². The van der Waals surface area contributed by atoms with Crippen LogP contribution in [0.2, 0.25) is 0 Å². The summed E-state index contributed by atoms with van der Waals surface area (Å²) < 4.78 is 1.99. The van der Waals surface area contributed by atoms with Gasteiger partial charge in [-0.05, 0) is 70.0 Å². The number of carbonyl (C=O) groups is 3. The van der Waals surface area contributed by atoms with Crippen molar-refractivity contribution < 1.29 is 14.4 Å². The molecule has 1 aromatic heterocycles. The Kier molecular flexibility index (Phi) is 6.09. The molecule has 0 saturated carbocycles. The molecule has 0 aliphatic carbocycles. The van der Waals surface area contributed by atoms with E-state index in [1.165, 1.54) is 0 Å². The molecule has 0 spiro atoms. The Morgan fingerprint density at radius 1 is 1.00 bits per heavy atom. The minimum atomic E-state index is -0.260. The van der Waals surface area contributed by atoms with Crippen LogP contribution >= 0.6 is 0 Å². The highest BCUT2D eigenvalue weighted by atomic mass is 16.2. The highest BCUT2D eigenvalue weighted by Crippen LogP contribution is 2.28. The lowest BCUT2D eigenvalue weighted by atomic mass is 10.0. The molecule has 1 N–H and O–H groups in total. The zero-order valence-electron chi connectivity index (χ0n) is 19.1. The van der Waals surface area contributed by atoms with Gasteiger partial charge in [-0.15, -0.1) is 0 Å². The smallest absolute Gasteiger partial charge is 0.251 e. The van der Waals surface area contributed by atoms with Crippen molar-refractivity contribution >= 4 is 17.7 Å². The number of hydrogen-bond acceptors (Lipinski definition) is 3. The van der Waals surface area contributed by atoms with Crippen molar-refractivity contribution in [3.8, 4) is 5.69 Å². The molecule has 0 bridgehead atoms. The van der Waals surface area contributed by atoms with Crippen molar-refractivity contribution in [1.82, 2.24) is 19.7 Å². The van der Waals surface area contributed by atoms with Crippen LogP contribution < -0.4 is 5.32 Å². The maximum absolute atomic E-state index is 13.0. The fourth-order valence-corrected chi connectivity index (χ4v) is 4.58. The summed E-state index contributed by atoms with van der Waals surface area (Å²) in [6, 6.07) is 11.5. The zero-order chi connectivity index (χ0) is 22.9. The van der Waals surface area contributed by atoms with E-state index < -0.39 is 0 Å². The topological polar surface area (TPSA) is 74.7 Å². The van der Waals surface area contributed by atoms with Crippen LogP contribution in [-0.4, -0.2) is 63.3 Å². The van der Waals surface area contributed by atoms with E-state index >= 15 is 0 Å². The largest absolute Gasteiger partial charge is 0.349 e. The van der Waals surface area contributed by atoms with Gasteiger partial charge in [0.2, 0.25) is 11.8 Å². The van der Waals surface area contributed by atoms with E-state index in [2.05, 4.69) is 5.32 Å². The Labute approximate surface area is 189 Å². The van der Waals surface area contributed by atoms with Crippen LogP contribution in [-0.2, 0) is 9.59 Å². The van der Waals surface area contributed by atoms with Crippen molar-refractivity contribution in [2.45, 2.75) is 51.6 Å². The molecule has 7 heteroatoms. The van der Waals surface area contributed by atoms with E-state index in [4.69, 9.17) is 0 Å². The van der Waals surface area contributed by atoms with Gasteiger partial charge in [-0.25, -0.2) is 0 Å². The average molecular weight is 437 g/mol. The van der Waals surface area contributed by atoms with Gasteiger partial charge in [0.25, 0.3) is 5.91 Å². The highest BCUT2D eigenvalue weighted by molar-refractivity contribution is 5.94. The highest BCUT2D eigenvalue weighted by Gasteiger charge is 2.41. The number of piperidine rings is 1. The Bertz CT molecular complexity index is 968. The van der Waals surface area contributed by atoms with Gasteiger partial charge >= 0.3 is 0 Å². The number of hydrogen-bond donors (Lipinski definition) is 1. The normalized spacial score (nSPS) is 20.0. The second-order valence-corrected chi connectivity index (χ2v) is 9.79. The van der Waals surface area contributed by atoms with Crippen molar-refractivity contribution in [3.05, 3.63) is 54.4 Å². The Balaban J connectivity index is 1.27. The van der Waals surface area contributed by atoms with Crippen LogP contribution in [0.3, 0.4) is 0 Å². The molecule has 1 atom stereocenters. The Morgan fingerprint density at radius 2 is 1.62 bits per heavy atom. The number of amides is 3. The number of carbonyl (C=O) groups excluding carboxylic acids is 3. The van der Waals surface area contributed by atoms with Crippen molar-refractivity contribution in [2.75, 3.05) is 19.6 Å². The molecular formula is C25H32N4O3. The maximum Gasteiger partial charge on any atom is 0.251 e. The number of aromatic nitrogens is 1. The molecule has 1 unspecified atom stereocenters. The summed E-state index contributed by atoms with van der Waals surface area (Å²) in [4.78, 5) is 41.6. The van der Waals surface area contributed by atoms with Gasteiger partial charge in [0.05, 0.1) is 5.92 Å². The quantitative estimate of drug-likeness (QED) is 0.801. The van der Waals surface area contributed by atoms with Crippen LogP contribution in [0.4, 0.5) is 0 Å². The summed E-state index contributed by atoms with van der Waals surface area (Å²) in [6.45, 7) is 7.71. The van der Waals surface area contributed by atoms with Gasteiger partial charge in [0.15, 0.2) is 0 Å². The van der Waals surface area contributed by atoms with Crippen molar-refractivity contribution in [3.63, 3.8) is 0 Å². The number of rotatable bonds is 4. The first-order valence-corrected chi connectivity index (χ1v) is 11.4. The SMILES string of the molecule is CC(C)(C)N1CC(C(=O)N2CCC(NC(=O)c3ccc(-n4cccc4)cc3)CC2)CC1=O. The first-order valence-electron chi connectivity index (χ1n) is 11.4. The van der Waals surface area contributed by atoms with Crippen molar-refractivity contribution in [1.29, 1.82) is 0 Å². The van der Waals surface area contributed by atoms with Crippen molar-refractivity contribution in [2.24, 2.45) is 5.92 Å². The summed E-state index contributed by atoms with van der Waals surface area (Å²) >= 11 is 0.